The number of carbonyl (C=O) groups is 1. The molecule has 0 aromatic carbocycles. The van der Waals surface area contributed by atoms with Crippen molar-refractivity contribution in [3.63, 3.8) is 0 Å². The number of halogens is 2. The quantitative estimate of drug-likeness (QED) is 0.586. The highest BCUT2D eigenvalue weighted by Crippen LogP contribution is 2.48. The van der Waals surface area contributed by atoms with E-state index in [9.17, 15) is 13.6 Å². The van der Waals surface area contributed by atoms with Gasteiger partial charge in [-0.2, -0.15) is 13.9 Å². The summed E-state index contributed by atoms with van der Waals surface area (Å²) in [6.07, 6.45) is 3.34. The normalized spacial score (nSPS) is 33.6. The number of carboxylic acids is 1. The van der Waals surface area contributed by atoms with Crippen molar-refractivity contribution in [3.05, 3.63) is 11.3 Å². The molecule has 5 rings (SSSR count). The Bertz CT molecular complexity index is 646. The maximum Gasteiger partial charge on any atom is 0.303 e. The van der Waals surface area contributed by atoms with Gasteiger partial charge in [-0.05, 0) is 43.4 Å². The van der Waals surface area contributed by atoms with Gasteiger partial charge in [-0.1, -0.05) is 0 Å². The van der Waals surface area contributed by atoms with Gasteiger partial charge >= 0.3 is 5.97 Å². The fraction of sp³-hybridized carbons (Fsp3) is 0.778. The zero-order valence-electron chi connectivity index (χ0n) is 14.8. The summed E-state index contributed by atoms with van der Waals surface area (Å²) in [6, 6.07) is 0. The van der Waals surface area contributed by atoms with E-state index in [1.54, 1.807) is 0 Å². The molecule has 8 heteroatoms. The average molecular weight is 368 g/mol. The Hall–Kier alpha value is -1.86. The van der Waals surface area contributed by atoms with Crippen molar-refractivity contribution in [1.29, 1.82) is 0 Å². The van der Waals surface area contributed by atoms with Crippen molar-refractivity contribution in [2.24, 2.45) is 28.6 Å². The molecule has 5 aliphatic rings. The second kappa shape index (κ2) is 6.39. The molecule has 4 fully saturated rings. The van der Waals surface area contributed by atoms with Crippen molar-refractivity contribution in [2.45, 2.75) is 44.4 Å². The standard InChI is InChI=1S/C18H26F2N4O2/c19-18(20)4-3-13(16(18)21)17(22-24-5-1-2-6-24)23-9-11-7-12(10-23)14(11)8-15(25)26/h11-12,14H,1-10,21H2,(H,25,26)/t11-,12+,14?. The highest BCUT2D eigenvalue weighted by atomic mass is 19.3. The van der Waals surface area contributed by atoms with Crippen LogP contribution >= 0.6 is 0 Å². The van der Waals surface area contributed by atoms with E-state index >= 15 is 0 Å². The molecule has 0 amide bonds. The molecule has 0 aromatic rings. The van der Waals surface area contributed by atoms with Crippen LogP contribution in [0.25, 0.3) is 0 Å². The summed E-state index contributed by atoms with van der Waals surface area (Å²) < 4.78 is 28.0. The maximum absolute atomic E-state index is 14.0. The van der Waals surface area contributed by atoms with Gasteiger partial charge in [0.05, 0.1) is 5.70 Å². The van der Waals surface area contributed by atoms with Gasteiger partial charge in [-0.3, -0.25) is 9.80 Å². The number of hydrazone groups is 1. The van der Waals surface area contributed by atoms with Crippen LogP contribution in [0.2, 0.25) is 0 Å². The van der Waals surface area contributed by atoms with Crippen LogP contribution in [0.5, 0.6) is 0 Å². The summed E-state index contributed by atoms with van der Waals surface area (Å²) in [7, 11) is 0. The molecule has 144 valence electrons. The van der Waals surface area contributed by atoms with Gasteiger partial charge < -0.3 is 15.7 Å². The summed E-state index contributed by atoms with van der Waals surface area (Å²) in [5.74, 6) is -2.30. The second-order valence-corrected chi connectivity index (χ2v) is 8.10. The number of nitrogens with two attached hydrogens (primary N) is 1. The summed E-state index contributed by atoms with van der Waals surface area (Å²) in [5.41, 5.74) is 5.95. The van der Waals surface area contributed by atoms with Gasteiger partial charge in [0.1, 0.15) is 0 Å². The molecule has 26 heavy (non-hydrogen) atoms. The van der Waals surface area contributed by atoms with Crippen LogP contribution in [0.1, 0.15) is 38.5 Å². The van der Waals surface area contributed by atoms with E-state index in [1.165, 1.54) is 0 Å². The predicted molar refractivity (Wildman–Crippen MR) is 92.5 cm³/mol. The number of carboxylic acid groups (broad SMARTS) is 1. The average Bonchev–Trinajstić information content (AvgIpc) is 3.20. The van der Waals surface area contributed by atoms with Gasteiger partial charge in [-0.25, -0.2) is 0 Å². The van der Waals surface area contributed by atoms with Crippen molar-refractivity contribution in [3.8, 4) is 0 Å². The van der Waals surface area contributed by atoms with Crippen molar-refractivity contribution < 1.29 is 18.7 Å². The molecule has 3 atom stereocenters. The van der Waals surface area contributed by atoms with Crippen LogP contribution < -0.4 is 5.73 Å². The minimum absolute atomic E-state index is 0.199. The SMILES string of the molecule is NC1=C(C(=NN2CCCC2)N2C[C@H]3C[C@@H](C2)C3CC(=O)O)CCC1(F)F. The van der Waals surface area contributed by atoms with E-state index in [-0.39, 0.29) is 30.9 Å². The number of nitrogens with zero attached hydrogens (tertiary/aromatic N) is 3. The number of hydrogen-bond acceptors (Lipinski definition) is 4. The Labute approximate surface area is 151 Å². The molecular weight excluding hydrogens is 342 g/mol. The number of fused-ring (bicyclic) bond motifs is 2. The lowest BCUT2D eigenvalue weighted by Crippen LogP contribution is -2.57. The molecular formula is C18H26F2N4O2. The number of aliphatic carboxylic acids is 1. The first-order valence-electron chi connectivity index (χ1n) is 9.53. The minimum Gasteiger partial charge on any atom is -0.481 e. The largest absolute Gasteiger partial charge is 0.481 e. The van der Waals surface area contributed by atoms with Gasteiger partial charge in [0.2, 0.25) is 0 Å². The summed E-state index contributed by atoms with van der Waals surface area (Å²) in [5, 5.41) is 15.8. The van der Waals surface area contributed by atoms with Crippen LogP contribution in [0, 0.1) is 17.8 Å². The van der Waals surface area contributed by atoms with Crippen LogP contribution in [-0.4, -0.2) is 58.9 Å². The molecule has 0 spiro atoms. The van der Waals surface area contributed by atoms with Gasteiger partial charge in [0.15, 0.2) is 5.84 Å². The first kappa shape index (κ1) is 17.5. The van der Waals surface area contributed by atoms with Gasteiger partial charge in [-0.15, -0.1) is 0 Å². The topological polar surface area (TPSA) is 82.2 Å². The molecule has 0 radical (unpaired) electrons. The number of rotatable bonds is 4. The number of allylic oxidation sites excluding steroid dienone is 1. The highest BCUT2D eigenvalue weighted by molar-refractivity contribution is 5.99. The molecule has 1 unspecified atom stereocenters. The van der Waals surface area contributed by atoms with E-state index < -0.39 is 11.9 Å². The van der Waals surface area contributed by atoms with Gasteiger partial charge in [0, 0.05) is 44.6 Å². The monoisotopic (exact) mass is 368 g/mol. The lowest BCUT2D eigenvalue weighted by Gasteiger charge is -2.54. The molecule has 0 aromatic heterocycles. The van der Waals surface area contributed by atoms with E-state index in [0.29, 0.717) is 36.3 Å². The van der Waals surface area contributed by atoms with E-state index in [2.05, 4.69) is 4.90 Å². The van der Waals surface area contributed by atoms with E-state index in [0.717, 1.165) is 32.4 Å². The number of piperidine rings is 2. The van der Waals surface area contributed by atoms with Crippen molar-refractivity contribution >= 4 is 11.8 Å². The Morgan fingerprint density at radius 3 is 2.46 bits per heavy atom. The summed E-state index contributed by atoms with van der Waals surface area (Å²) in [4.78, 5) is 13.1. The fourth-order valence-electron chi connectivity index (χ4n) is 4.95. The minimum atomic E-state index is -2.95. The molecule has 2 bridgehead atoms. The Balaban J connectivity index is 1.57. The summed E-state index contributed by atoms with van der Waals surface area (Å²) >= 11 is 0. The van der Waals surface area contributed by atoms with Crippen LogP contribution in [0.3, 0.4) is 0 Å². The third-order valence-electron chi connectivity index (χ3n) is 6.43. The lowest BCUT2D eigenvalue weighted by molar-refractivity contribution is -0.142. The molecule has 2 aliphatic carbocycles. The van der Waals surface area contributed by atoms with Crippen molar-refractivity contribution in [1.82, 2.24) is 9.91 Å². The molecule has 1 saturated carbocycles. The predicted octanol–water partition coefficient (Wildman–Crippen LogP) is 2.08. The third-order valence-corrected chi connectivity index (χ3v) is 6.43. The van der Waals surface area contributed by atoms with E-state index in [4.69, 9.17) is 15.9 Å². The zero-order valence-corrected chi connectivity index (χ0v) is 14.8. The van der Waals surface area contributed by atoms with Crippen LogP contribution in [0.4, 0.5) is 8.78 Å². The lowest BCUT2D eigenvalue weighted by atomic mass is 9.60. The number of alkyl halides is 2. The Kier molecular flexibility index (Phi) is 4.31. The first-order chi connectivity index (χ1) is 12.3. The fourth-order valence-corrected chi connectivity index (χ4v) is 4.95. The molecule has 3 saturated heterocycles. The van der Waals surface area contributed by atoms with Crippen molar-refractivity contribution in [2.75, 3.05) is 26.2 Å². The number of amidine groups is 1. The zero-order chi connectivity index (χ0) is 18.5. The Morgan fingerprint density at radius 2 is 1.92 bits per heavy atom. The first-order valence-corrected chi connectivity index (χ1v) is 9.53. The molecule has 3 N–H and O–H groups in total. The third kappa shape index (κ3) is 3.03. The molecule has 3 aliphatic heterocycles. The van der Waals surface area contributed by atoms with Crippen LogP contribution in [-0.2, 0) is 4.79 Å². The smallest absolute Gasteiger partial charge is 0.303 e. The number of hydrogen-bond donors (Lipinski definition) is 2. The van der Waals surface area contributed by atoms with Crippen LogP contribution in [0.15, 0.2) is 16.4 Å². The Morgan fingerprint density at radius 1 is 1.27 bits per heavy atom. The molecule has 6 nitrogen and oxygen atoms in total. The maximum atomic E-state index is 14.0. The highest BCUT2D eigenvalue weighted by Gasteiger charge is 2.50. The van der Waals surface area contributed by atoms with E-state index in [1.807, 2.05) is 5.01 Å². The summed E-state index contributed by atoms with van der Waals surface area (Å²) in [6.45, 7) is 3.05. The van der Waals surface area contributed by atoms with Gasteiger partial charge in [0.25, 0.3) is 5.92 Å². The molecule has 3 heterocycles. The second-order valence-electron chi connectivity index (χ2n) is 8.10.